The molecule has 0 saturated carbocycles. The van der Waals surface area contributed by atoms with Crippen LogP contribution in [0.5, 0.6) is 0 Å². The van der Waals surface area contributed by atoms with E-state index in [-0.39, 0.29) is 5.91 Å². The third-order valence-electron chi connectivity index (χ3n) is 3.96. The molecular weight excluding hydrogens is 284 g/mol. The minimum absolute atomic E-state index is 0.285. The number of amides is 1. The molecule has 1 aliphatic heterocycles. The molecule has 1 aliphatic rings. The highest BCUT2D eigenvalue weighted by Crippen LogP contribution is 2.13. The van der Waals surface area contributed by atoms with Crippen LogP contribution in [0.4, 0.5) is 0 Å². The molecule has 0 spiro atoms. The molecule has 0 radical (unpaired) electrons. The van der Waals surface area contributed by atoms with Crippen LogP contribution in [0.1, 0.15) is 12.5 Å². The van der Waals surface area contributed by atoms with Crippen molar-refractivity contribution in [2.75, 3.05) is 26.7 Å². The molecule has 6 nitrogen and oxygen atoms in total. The Morgan fingerprint density at radius 1 is 1.41 bits per heavy atom. The third kappa shape index (κ3) is 4.05. The number of morpholine rings is 1. The Hall–Kier alpha value is -1.92. The lowest BCUT2D eigenvalue weighted by molar-refractivity contribution is -0.157. The van der Waals surface area contributed by atoms with Crippen molar-refractivity contribution in [3.8, 4) is 0 Å². The van der Waals surface area contributed by atoms with E-state index >= 15 is 0 Å². The maximum absolute atomic E-state index is 12.4. The van der Waals surface area contributed by atoms with Crippen LogP contribution in [-0.2, 0) is 20.9 Å². The zero-order valence-electron chi connectivity index (χ0n) is 12.9. The van der Waals surface area contributed by atoms with Crippen molar-refractivity contribution < 1.29 is 19.4 Å². The van der Waals surface area contributed by atoms with Crippen LogP contribution in [0.2, 0.25) is 0 Å². The molecule has 0 unspecified atom stereocenters. The monoisotopic (exact) mass is 306 g/mol. The molecule has 1 saturated heterocycles. The summed E-state index contributed by atoms with van der Waals surface area (Å²) in [5.74, 6) is -1.31. The number of carboxylic acid groups (broad SMARTS) is 1. The molecule has 1 aromatic rings. The summed E-state index contributed by atoms with van der Waals surface area (Å²) in [5, 5.41) is 9.00. The van der Waals surface area contributed by atoms with Gasteiger partial charge in [-0.05, 0) is 12.5 Å². The number of carbonyl (C=O) groups excluding carboxylic acids is 1. The summed E-state index contributed by atoms with van der Waals surface area (Å²) in [6.07, 6.45) is -0.607. The van der Waals surface area contributed by atoms with E-state index in [1.807, 2.05) is 30.3 Å². The first-order valence-electron chi connectivity index (χ1n) is 7.36. The highest BCUT2D eigenvalue weighted by Gasteiger charge is 2.32. The fourth-order valence-electron chi connectivity index (χ4n) is 2.42. The Kier molecular flexibility index (Phi) is 5.51. The fraction of sp³-hybridized carbons (Fsp3) is 0.500. The maximum atomic E-state index is 12.4. The van der Waals surface area contributed by atoms with Gasteiger partial charge in [0.2, 0.25) is 0 Å². The summed E-state index contributed by atoms with van der Waals surface area (Å²) in [5.41, 5.74) is 1.18. The van der Waals surface area contributed by atoms with E-state index in [4.69, 9.17) is 9.84 Å². The van der Waals surface area contributed by atoms with E-state index < -0.39 is 18.1 Å². The van der Waals surface area contributed by atoms with Crippen molar-refractivity contribution in [3.05, 3.63) is 35.9 Å². The molecule has 0 aliphatic carbocycles. The second kappa shape index (κ2) is 7.38. The third-order valence-corrected chi connectivity index (χ3v) is 3.96. The molecule has 6 heteroatoms. The van der Waals surface area contributed by atoms with Gasteiger partial charge in [0.25, 0.3) is 5.91 Å². The Morgan fingerprint density at radius 3 is 2.73 bits per heavy atom. The number of hydrogen-bond acceptors (Lipinski definition) is 4. The predicted octanol–water partition coefficient (Wildman–Crippen LogP) is 0.819. The molecular formula is C16H22N2O4. The Bertz CT molecular complexity index is 520. The van der Waals surface area contributed by atoms with Gasteiger partial charge < -0.3 is 14.7 Å². The normalized spacial score (nSPS) is 20.4. The lowest BCUT2D eigenvalue weighted by Gasteiger charge is -2.34. The van der Waals surface area contributed by atoms with Gasteiger partial charge in [-0.1, -0.05) is 30.3 Å². The Morgan fingerprint density at radius 2 is 2.09 bits per heavy atom. The molecule has 1 fully saturated rings. The summed E-state index contributed by atoms with van der Waals surface area (Å²) in [6, 6.07) is 9.18. The number of hydrogen-bond donors (Lipinski definition) is 1. The summed E-state index contributed by atoms with van der Waals surface area (Å²) in [7, 11) is 1.50. The summed E-state index contributed by atoms with van der Waals surface area (Å²) >= 11 is 0. The van der Waals surface area contributed by atoms with E-state index in [2.05, 4.69) is 4.90 Å². The van der Waals surface area contributed by atoms with Gasteiger partial charge in [-0.3, -0.25) is 9.69 Å². The molecule has 2 atom stereocenters. The van der Waals surface area contributed by atoms with Crippen molar-refractivity contribution in [1.82, 2.24) is 9.80 Å². The topological polar surface area (TPSA) is 70.1 Å². The van der Waals surface area contributed by atoms with Crippen molar-refractivity contribution in [2.24, 2.45) is 0 Å². The maximum Gasteiger partial charge on any atom is 0.326 e. The van der Waals surface area contributed by atoms with E-state index in [1.54, 1.807) is 0 Å². The van der Waals surface area contributed by atoms with Gasteiger partial charge in [0.15, 0.2) is 0 Å². The van der Waals surface area contributed by atoms with E-state index in [1.165, 1.54) is 24.4 Å². The summed E-state index contributed by atoms with van der Waals surface area (Å²) in [4.78, 5) is 26.7. The molecule has 0 aromatic heterocycles. The smallest absolute Gasteiger partial charge is 0.326 e. The second-order valence-electron chi connectivity index (χ2n) is 5.54. The second-order valence-corrected chi connectivity index (χ2v) is 5.54. The predicted molar refractivity (Wildman–Crippen MR) is 81.3 cm³/mol. The zero-order valence-corrected chi connectivity index (χ0v) is 12.9. The van der Waals surface area contributed by atoms with Gasteiger partial charge in [-0.15, -0.1) is 0 Å². The fourth-order valence-corrected chi connectivity index (χ4v) is 2.42. The SMILES string of the molecule is C[C@@H](C(=O)O)N(C)C(=O)[C@@H]1CN(Cc2ccccc2)CCO1. The Balaban J connectivity index is 1.95. The van der Waals surface area contributed by atoms with Crippen LogP contribution in [0.3, 0.4) is 0 Å². The zero-order chi connectivity index (χ0) is 16.1. The number of carboxylic acids is 1. The molecule has 2 rings (SSSR count). The van der Waals surface area contributed by atoms with Crippen LogP contribution in [0.25, 0.3) is 0 Å². The molecule has 120 valence electrons. The van der Waals surface area contributed by atoms with Gasteiger partial charge in [0.05, 0.1) is 6.61 Å². The molecule has 0 bridgehead atoms. The molecule has 1 heterocycles. The van der Waals surface area contributed by atoms with E-state index in [0.29, 0.717) is 13.2 Å². The van der Waals surface area contributed by atoms with Crippen molar-refractivity contribution in [3.63, 3.8) is 0 Å². The summed E-state index contributed by atoms with van der Waals surface area (Å²) < 4.78 is 5.53. The van der Waals surface area contributed by atoms with Crippen LogP contribution >= 0.6 is 0 Å². The molecule has 1 N–H and O–H groups in total. The first-order valence-corrected chi connectivity index (χ1v) is 7.36. The first-order chi connectivity index (χ1) is 10.5. The molecule has 22 heavy (non-hydrogen) atoms. The van der Waals surface area contributed by atoms with Crippen LogP contribution < -0.4 is 0 Å². The molecule has 1 aromatic carbocycles. The lowest BCUT2D eigenvalue weighted by atomic mass is 10.1. The van der Waals surface area contributed by atoms with Crippen molar-refractivity contribution in [1.29, 1.82) is 0 Å². The number of aliphatic carboxylic acids is 1. The summed E-state index contributed by atoms with van der Waals surface area (Å²) in [6.45, 7) is 3.96. The number of ether oxygens (including phenoxy) is 1. The average molecular weight is 306 g/mol. The van der Waals surface area contributed by atoms with E-state index in [9.17, 15) is 9.59 Å². The number of nitrogens with zero attached hydrogens (tertiary/aromatic N) is 2. The first kappa shape index (κ1) is 16.5. The quantitative estimate of drug-likeness (QED) is 0.872. The highest BCUT2D eigenvalue weighted by molar-refractivity contribution is 5.86. The minimum atomic E-state index is -1.02. The van der Waals surface area contributed by atoms with Crippen LogP contribution in [0.15, 0.2) is 30.3 Å². The average Bonchev–Trinajstić information content (AvgIpc) is 2.54. The number of likely N-dealkylation sites (N-methyl/N-ethyl adjacent to an activating group) is 1. The van der Waals surface area contributed by atoms with Gasteiger partial charge in [0.1, 0.15) is 12.1 Å². The van der Waals surface area contributed by atoms with Gasteiger partial charge in [-0.25, -0.2) is 4.79 Å². The van der Waals surface area contributed by atoms with E-state index in [0.717, 1.165) is 13.1 Å². The van der Waals surface area contributed by atoms with Gasteiger partial charge >= 0.3 is 5.97 Å². The highest BCUT2D eigenvalue weighted by atomic mass is 16.5. The van der Waals surface area contributed by atoms with Crippen molar-refractivity contribution in [2.45, 2.75) is 25.6 Å². The van der Waals surface area contributed by atoms with Gasteiger partial charge in [0, 0.05) is 26.7 Å². The largest absolute Gasteiger partial charge is 0.480 e. The Labute approximate surface area is 130 Å². The van der Waals surface area contributed by atoms with Gasteiger partial charge in [-0.2, -0.15) is 0 Å². The van der Waals surface area contributed by atoms with Crippen LogP contribution in [0, 0.1) is 0 Å². The number of carbonyl (C=O) groups is 2. The lowest BCUT2D eigenvalue weighted by Crippen LogP contribution is -2.52. The number of benzene rings is 1. The minimum Gasteiger partial charge on any atom is -0.480 e. The van der Waals surface area contributed by atoms with Crippen LogP contribution in [-0.4, -0.2) is 65.7 Å². The standard InChI is InChI=1S/C16H22N2O4/c1-12(16(20)21)17(2)15(19)14-11-18(8-9-22-14)10-13-6-4-3-5-7-13/h3-7,12,14H,8-11H2,1-2H3,(H,20,21)/t12-,14-/m0/s1. The number of rotatable bonds is 5. The molecule has 1 amide bonds. The van der Waals surface area contributed by atoms with Crippen molar-refractivity contribution >= 4 is 11.9 Å².